The number of nitrogens with zero attached hydrogens (tertiary/aromatic N) is 5. The number of hydrogen-bond acceptors (Lipinski definition) is 22. The molecule has 53 heavy (non-hydrogen) atoms. The molecule has 0 saturated carbocycles. The van der Waals surface area contributed by atoms with Gasteiger partial charge in [0.25, 0.3) is 11.1 Å². The molecule has 2 fully saturated rings. The molecule has 11 unspecified atom stereocenters. The summed E-state index contributed by atoms with van der Waals surface area (Å²) in [7, 11) is -16.1. The lowest BCUT2D eigenvalue weighted by Gasteiger charge is -2.29. The number of nitrogen functional groups attached to an aromatic ring is 2. The first kappa shape index (κ1) is 40.5. The Morgan fingerprint density at radius 1 is 0.906 bits per heavy atom. The Hall–Kier alpha value is -3.66. The van der Waals surface area contributed by atoms with Gasteiger partial charge in [0.1, 0.15) is 42.3 Å². The highest BCUT2D eigenvalue weighted by Crippen LogP contribution is 2.67. The van der Waals surface area contributed by atoms with Gasteiger partial charge in [-0.2, -0.15) is 18.6 Å². The Morgan fingerprint density at radius 3 is 2.04 bits per heavy atom. The van der Waals surface area contributed by atoms with E-state index in [1.54, 1.807) is 0 Å². The number of hydrogen-bond donors (Lipinski definition) is 12. The Bertz CT molecular complexity index is 2120. The molecule has 28 nitrogen and oxygen atoms in total. The summed E-state index contributed by atoms with van der Waals surface area (Å²) in [4.78, 5) is 71.5. The summed E-state index contributed by atoms with van der Waals surface area (Å²) >= 11 is 0. The van der Waals surface area contributed by atoms with Crippen molar-refractivity contribution in [3.63, 3.8) is 0 Å². The molecule has 294 valence electrons. The van der Waals surface area contributed by atoms with Crippen molar-refractivity contribution in [3.8, 4) is 0 Å². The first-order valence-electron chi connectivity index (χ1n) is 14.6. The summed E-state index contributed by atoms with van der Waals surface area (Å²) in [6.45, 7) is 1.33. The van der Waals surface area contributed by atoms with E-state index in [0.29, 0.717) is 0 Å². The SMILES string of the molecule is C=CN(c1nc(N)[nH]c(=O)c1NC)C1OC(COP(=O)(O)OP(=O)(O)OP(=O)(O)OCC2OC(n3cnc4c(=O)[nH]c(N)nc43)C(O)C2O)C(O)C1O. The molecule has 0 spiro atoms. The number of H-pyrrole nitrogens is 2. The lowest BCUT2D eigenvalue weighted by atomic mass is 10.1. The second kappa shape index (κ2) is 15.2. The first-order valence-corrected chi connectivity index (χ1v) is 19.1. The van der Waals surface area contributed by atoms with E-state index in [9.17, 15) is 58.4 Å². The van der Waals surface area contributed by atoms with Crippen LogP contribution in [0.25, 0.3) is 11.2 Å². The number of rotatable bonds is 15. The van der Waals surface area contributed by atoms with Gasteiger partial charge in [-0.15, -0.1) is 0 Å². The minimum atomic E-state index is -6.02. The Balaban J connectivity index is 1.17. The third kappa shape index (κ3) is 8.68. The second-order valence-electron chi connectivity index (χ2n) is 11.0. The fourth-order valence-corrected chi connectivity index (χ4v) is 8.70. The molecule has 0 bridgehead atoms. The van der Waals surface area contributed by atoms with E-state index in [2.05, 4.69) is 54.5 Å². The molecule has 3 aromatic rings. The van der Waals surface area contributed by atoms with Crippen LogP contribution in [0.4, 0.5) is 23.4 Å². The number of imidazole rings is 1. The number of phosphoric acid groups is 3. The molecule has 14 N–H and O–H groups in total. The molecule has 2 aliphatic heterocycles. The summed E-state index contributed by atoms with van der Waals surface area (Å²) in [5.41, 5.74) is 9.19. The molecule has 31 heteroatoms. The van der Waals surface area contributed by atoms with Crippen LogP contribution in [0.15, 0.2) is 28.7 Å². The fraction of sp³-hybridized carbons (Fsp3) is 0.500. The molecule has 0 radical (unpaired) electrons. The Labute approximate surface area is 294 Å². The molecule has 0 amide bonds. The van der Waals surface area contributed by atoms with Gasteiger partial charge in [-0.1, -0.05) is 6.58 Å². The molecule has 11 atom stereocenters. The molecule has 5 rings (SSSR count). The number of anilines is 4. The number of aromatic amines is 2. The highest BCUT2D eigenvalue weighted by Gasteiger charge is 2.49. The van der Waals surface area contributed by atoms with Gasteiger partial charge >= 0.3 is 23.5 Å². The van der Waals surface area contributed by atoms with Gasteiger partial charge in [0, 0.05) is 13.2 Å². The van der Waals surface area contributed by atoms with Gasteiger partial charge in [-0.3, -0.25) is 33.2 Å². The molecule has 2 saturated heterocycles. The lowest BCUT2D eigenvalue weighted by molar-refractivity contribution is -0.0503. The van der Waals surface area contributed by atoms with Crippen LogP contribution in [0, 0.1) is 0 Å². The van der Waals surface area contributed by atoms with Gasteiger partial charge < -0.3 is 66.3 Å². The van der Waals surface area contributed by atoms with E-state index < -0.39 is 96.9 Å². The van der Waals surface area contributed by atoms with Crippen LogP contribution in [0.1, 0.15) is 6.23 Å². The summed E-state index contributed by atoms with van der Waals surface area (Å²) in [6.07, 6.45) is -11.5. The van der Waals surface area contributed by atoms with Crippen molar-refractivity contribution in [2.75, 3.05) is 41.9 Å². The van der Waals surface area contributed by atoms with Gasteiger partial charge in [-0.25, -0.2) is 18.7 Å². The number of phosphoric ester groups is 2. The maximum atomic E-state index is 12.5. The van der Waals surface area contributed by atoms with Gasteiger partial charge in [0.05, 0.1) is 19.5 Å². The predicted molar refractivity (Wildman–Crippen MR) is 174 cm³/mol. The van der Waals surface area contributed by atoms with Crippen molar-refractivity contribution in [1.29, 1.82) is 0 Å². The Morgan fingerprint density at radius 2 is 1.45 bits per heavy atom. The first-order chi connectivity index (χ1) is 24.7. The summed E-state index contributed by atoms with van der Waals surface area (Å²) in [6, 6.07) is 0. The zero-order valence-corrected chi connectivity index (χ0v) is 29.4. The number of aliphatic hydroxyl groups excluding tert-OH is 4. The van der Waals surface area contributed by atoms with Gasteiger partial charge in [0.15, 0.2) is 29.4 Å². The van der Waals surface area contributed by atoms with Crippen LogP contribution in [-0.2, 0) is 40.8 Å². The normalized spacial score (nSPS) is 29.4. The Kier molecular flexibility index (Phi) is 11.6. The monoisotopic (exact) mass is 818 g/mol. The topological polar surface area (TPSA) is 425 Å². The van der Waals surface area contributed by atoms with Crippen LogP contribution in [0.2, 0.25) is 0 Å². The largest absolute Gasteiger partial charge is 0.490 e. The number of nitrogens with two attached hydrogens (primary N) is 2. The zero-order chi connectivity index (χ0) is 39.2. The van der Waals surface area contributed by atoms with E-state index in [1.807, 2.05) is 0 Å². The lowest BCUT2D eigenvalue weighted by Crippen LogP contribution is -2.42. The molecule has 0 aliphatic carbocycles. The number of ether oxygens (including phenoxy) is 2. The zero-order valence-electron chi connectivity index (χ0n) is 26.7. The quantitative estimate of drug-likeness (QED) is 0.0662. The van der Waals surface area contributed by atoms with Gasteiger partial charge in [0.2, 0.25) is 11.9 Å². The number of aliphatic hydroxyl groups is 4. The standard InChI is InChI=1S/C22H33N10O18P3/c1-3-31(15-9(25-2)17(37)29-21(23)27-15)19-13(35)11(33)7(47-19)4-45-51(39,40)49-53(43,44)50-52(41,42)46-5-8-12(34)14(36)20(48-8)32-6-26-10-16(32)28-22(24)30-18(10)38/h3,6-8,11-14,19-20,25,33-36H,1,4-5H2,2H3,(H,39,40)(H,41,42)(H,43,44)(H3,23,27,29,37)(H3,24,28,30,38). The minimum Gasteiger partial charge on any atom is -0.387 e. The minimum absolute atomic E-state index is 0.152. The van der Waals surface area contributed by atoms with E-state index in [0.717, 1.165) is 22.0 Å². The maximum absolute atomic E-state index is 12.5. The van der Waals surface area contributed by atoms with E-state index in [4.69, 9.17) is 20.9 Å². The molecular weight excluding hydrogens is 785 g/mol. The molecular formula is C22H33N10O18P3. The molecule has 5 heterocycles. The molecule has 0 aromatic carbocycles. The third-order valence-corrected chi connectivity index (χ3v) is 11.8. The van der Waals surface area contributed by atoms with Crippen molar-refractivity contribution in [3.05, 3.63) is 39.8 Å². The molecule has 3 aromatic heterocycles. The third-order valence-electron chi connectivity index (χ3n) is 7.50. The summed E-state index contributed by atoms with van der Waals surface area (Å²) in [5.74, 6) is -0.855. The van der Waals surface area contributed by atoms with Crippen molar-refractivity contribution in [2.45, 2.75) is 49.1 Å². The fourth-order valence-electron chi connectivity index (χ4n) is 5.18. The number of aromatic nitrogens is 6. The van der Waals surface area contributed by atoms with E-state index in [-0.39, 0.29) is 34.6 Å². The van der Waals surface area contributed by atoms with Crippen LogP contribution >= 0.6 is 23.5 Å². The average Bonchev–Trinajstić information content (AvgIpc) is 3.68. The summed E-state index contributed by atoms with van der Waals surface area (Å²) < 4.78 is 66.6. The van der Waals surface area contributed by atoms with Crippen LogP contribution < -0.4 is 32.8 Å². The van der Waals surface area contributed by atoms with Crippen LogP contribution in [-0.4, -0.2) is 128 Å². The number of fused-ring (bicyclic) bond motifs is 1. The smallest absolute Gasteiger partial charge is 0.387 e. The van der Waals surface area contributed by atoms with Crippen LogP contribution in [0.3, 0.4) is 0 Å². The highest BCUT2D eigenvalue weighted by molar-refractivity contribution is 7.66. The van der Waals surface area contributed by atoms with Crippen molar-refractivity contribution < 1.29 is 75.9 Å². The second-order valence-corrected chi connectivity index (χ2v) is 15.7. The van der Waals surface area contributed by atoms with E-state index >= 15 is 0 Å². The average molecular weight is 818 g/mol. The highest BCUT2D eigenvalue weighted by atomic mass is 31.3. The van der Waals surface area contributed by atoms with E-state index in [1.165, 1.54) is 7.05 Å². The van der Waals surface area contributed by atoms with Crippen molar-refractivity contribution >= 4 is 58.0 Å². The summed E-state index contributed by atoms with van der Waals surface area (Å²) in [5, 5.41) is 44.7. The van der Waals surface area contributed by atoms with Crippen LogP contribution in [0.5, 0.6) is 0 Å². The number of nitrogens with one attached hydrogen (secondary N) is 3. The maximum Gasteiger partial charge on any atom is 0.490 e. The van der Waals surface area contributed by atoms with Crippen molar-refractivity contribution in [2.24, 2.45) is 0 Å². The van der Waals surface area contributed by atoms with Crippen molar-refractivity contribution in [1.82, 2.24) is 29.5 Å². The predicted octanol–water partition coefficient (Wildman–Crippen LogP) is -3.51. The van der Waals surface area contributed by atoms with Gasteiger partial charge in [-0.05, 0) is 0 Å². The molecule has 2 aliphatic rings.